The fraction of sp³-hybridized carbons (Fsp3) is 0.556. The molecule has 8 heteroatoms. The third kappa shape index (κ3) is 4.29. The average Bonchev–Trinajstić information content (AvgIpc) is 2.55. The van der Waals surface area contributed by atoms with Gasteiger partial charge in [-0.3, -0.25) is 0 Å². The number of hydrogen-bond donors (Lipinski definition) is 2. The van der Waals surface area contributed by atoms with E-state index in [0.29, 0.717) is 3.79 Å². The molecule has 0 saturated carbocycles. The highest BCUT2D eigenvalue weighted by Crippen LogP contribution is 2.34. The molecule has 0 fully saturated rings. The Morgan fingerprint density at radius 2 is 2.06 bits per heavy atom. The lowest BCUT2D eigenvalue weighted by Gasteiger charge is -2.16. The van der Waals surface area contributed by atoms with Gasteiger partial charge in [0.1, 0.15) is 4.90 Å². The minimum absolute atomic E-state index is 0.189. The summed E-state index contributed by atoms with van der Waals surface area (Å²) in [5, 5.41) is 0. The third-order valence-corrected chi connectivity index (χ3v) is 6.46. The van der Waals surface area contributed by atoms with Crippen LogP contribution in [0.5, 0.6) is 0 Å². The zero-order valence-electron chi connectivity index (χ0n) is 9.41. The molecule has 98 valence electrons. The highest BCUT2D eigenvalue weighted by atomic mass is 79.9. The number of nitrogens with one attached hydrogen (secondary N) is 1. The van der Waals surface area contributed by atoms with Crippen molar-refractivity contribution in [2.24, 2.45) is 11.7 Å². The third-order valence-electron chi connectivity index (χ3n) is 2.28. The lowest BCUT2D eigenvalue weighted by atomic mass is 10.1. The van der Waals surface area contributed by atoms with Gasteiger partial charge in [-0.2, -0.15) is 0 Å². The second-order valence-electron chi connectivity index (χ2n) is 3.95. The second kappa shape index (κ2) is 6.12. The minimum Gasteiger partial charge on any atom is -0.326 e. The first-order valence-electron chi connectivity index (χ1n) is 4.94. The predicted octanol–water partition coefficient (Wildman–Crippen LogP) is 2.53. The van der Waals surface area contributed by atoms with Crippen LogP contribution in [0.2, 0.25) is 0 Å². The molecule has 1 aromatic rings. The Balaban J connectivity index is 2.80. The van der Waals surface area contributed by atoms with Gasteiger partial charge in [-0.1, -0.05) is 13.8 Å². The Morgan fingerprint density at radius 3 is 2.47 bits per heavy atom. The van der Waals surface area contributed by atoms with E-state index in [4.69, 9.17) is 5.73 Å². The first kappa shape index (κ1) is 15.6. The van der Waals surface area contributed by atoms with E-state index in [0.717, 1.165) is 3.79 Å². The van der Waals surface area contributed by atoms with Gasteiger partial charge in [0.15, 0.2) is 0 Å². The van der Waals surface area contributed by atoms with E-state index in [9.17, 15) is 8.42 Å². The molecule has 0 radical (unpaired) electrons. The van der Waals surface area contributed by atoms with Crippen molar-refractivity contribution in [3.63, 3.8) is 0 Å². The smallest absolute Gasteiger partial charge is 0.242 e. The van der Waals surface area contributed by atoms with Crippen molar-refractivity contribution in [2.75, 3.05) is 6.54 Å². The molecule has 0 aliphatic heterocycles. The van der Waals surface area contributed by atoms with Crippen LogP contribution in [0.3, 0.4) is 0 Å². The van der Waals surface area contributed by atoms with E-state index in [1.807, 2.05) is 13.8 Å². The maximum atomic E-state index is 12.0. The number of nitrogens with two attached hydrogens (primary N) is 1. The molecule has 1 atom stereocenters. The van der Waals surface area contributed by atoms with Gasteiger partial charge in [-0.05, 0) is 43.8 Å². The largest absolute Gasteiger partial charge is 0.326 e. The zero-order chi connectivity index (χ0) is 13.2. The van der Waals surface area contributed by atoms with Gasteiger partial charge in [0, 0.05) is 12.6 Å². The first-order chi connectivity index (χ1) is 7.74. The fourth-order valence-electron chi connectivity index (χ4n) is 1.03. The second-order valence-corrected chi connectivity index (χ2v) is 9.43. The summed E-state index contributed by atoms with van der Waals surface area (Å²) in [4.78, 5) is 0.241. The molecule has 0 aliphatic rings. The van der Waals surface area contributed by atoms with E-state index in [1.54, 1.807) is 6.07 Å². The van der Waals surface area contributed by atoms with Gasteiger partial charge in [-0.25, -0.2) is 13.1 Å². The normalized spacial score (nSPS) is 14.2. The summed E-state index contributed by atoms with van der Waals surface area (Å²) in [6, 6.07) is 1.38. The first-order valence-corrected chi connectivity index (χ1v) is 8.82. The van der Waals surface area contributed by atoms with Gasteiger partial charge >= 0.3 is 0 Å². The van der Waals surface area contributed by atoms with Crippen molar-refractivity contribution in [1.82, 2.24) is 4.72 Å². The standard InChI is InChI=1S/C9H14Br2N2O2S2/c1-5(2)6(12)4-13-17(14,15)7-3-8(10)16-9(7)11/h3,5-6,13H,4,12H2,1-2H3. The van der Waals surface area contributed by atoms with Crippen LogP contribution in [0.4, 0.5) is 0 Å². The lowest BCUT2D eigenvalue weighted by Crippen LogP contribution is -2.40. The van der Waals surface area contributed by atoms with Gasteiger partial charge in [0.05, 0.1) is 7.57 Å². The van der Waals surface area contributed by atoms with Crippen LogP contribution in [0.1, 0.15) is 13.8 Å². The van der Waals surface area contributed by atoms with Crippen molar-refractivity contribution in [3.8, 4) is 0 Å². The van der Waals surface area contributed by atoms with Gasteiger partial charge in [0.2, 0.25) is 10.0 Å². The van der Waals surface area contributed by atoms with Gasteiger partial charge < -0.3 is 5.73 Å². The van der Waals surface area contributed by atoms with Crippen LogP contribution < -0.4 is 10.5 Å². The summed E-state index contributed by atoms with van der Waals surface area (Å²) >= 11 is 7.80. The molecule has 0 bridgehead atoms. The van der Waals surface area contributed by atoms with Crippen LogP contribution >= 0.6 is 43.2 Å². The summed E-state index contributed by atoms with van der Waals surface area (Å²) < 4.78 is 27.8. The minimum atomic E-state index is -3.50. The summed E-state index contributed by atoms with van der Waals surface area (Å²) in [5.74, 6) is 0.232. The number of thiophene rings is 1. The van der Waals surface area contributed by atoms with E-state index in [-0.39, 0.29) is 23.4 Å². The fourth-order valence-corrected chi connectivity index (χ4v) is 5.91. The Kier molecular flexibility index (Phi) is 5.61. The highest BCUT2D eigenvalue weighted by Gasteiger charge is 2.21. The summed E-state index contributed by atoms with van der Waals surface area (Å²) in [7, 11) is -3.50. The zero-order valence-corrected chi connectivity index (χ0v) is 14.2. The summed E-state index contributed by atoms with van der Waals surface area (Å²) in [5.41, 5.74) is 5.80. The molecule has 0 aromatic carbocycles. The van der Waals surface area contributed by atoms with Crippen LogP contribution in [-0.4, -0.2) is 21.0 Å². The molecule has 17 heavy (non-hydrogen) atoms. The van der Waals surface area contributed by atoms with E-state index >= 15 is 0 Å². The Morgan fingerprint density at radius 1 is 1.47 bits per heavy atom. The SMILES string of the molecule is CC(C)C(N)CNS(=O)(=O)c1cc(Br)sc1Br. The van der Waals surface area contributed by atoms with Crippen molar-refractivity contribution >= 4 is 53.2 Å². The molecular formula is C9H14Br2N2O2S2. The molecule has 1 heterocycles. The molecule has 0 aliphatic carbocycles. The van der Waals surface area contributed by atoms with Gasteiger partial charge in [-0.15, -0.1) is 11.3 Å². The molecule has 0 spiro atoms. The van der Waals surface area contributed by atoms with Crippen molar-refractivity contribution in [1.29, 1.82) is 0 Å². The molecule has 1 unspecified atom stereocenters. The average molecular weight is 406 g/mol. The van der Waals surface area contributed by atoms with E-state index in [1.165, 1.54) is 11.3 Å². The van der Waals surface area contributed by atoms with Crippen molar-refractivity contribution in [2.45, 2.75) is 24.8 Å². The number of rotatable bonds is 5. The Bertz CT molecular complexity index is 485. The number of halogens is 2. The Labute approximate surface area is 122 Å². The molecule has 3 N–H and O–H groups in total. The van der Waals surface area contributed by atoms with Crippen LogP contribution in [0.25, 0.3) is 0 Å². The summed E-state index contributed by atoms with van der Waals surface area (Å²) in [6.07, 6.45) is 0. The maximum absolute atomic E-state index is 12.0. The summed E-state index contributed by atoms with van der Waals surface area (Å²) in [6.45, 7) is 4.14. The van der Waals surface area contributed by atoms with Crippen LogP contribution in [0.15, 0.2) is 18.5 Å². The van der Waals surface area contributed by atoms with E-state index < -0.39 is 10.0 Å². The predicted molar refractivity (Wildman–Crippen MR) is 77.7 cm³/mol. The molecule has 0 saturated heterocycles. The molecule has 1 rings (SSSR count). The highest BCUT2D eigenvalue weighted by molar-refractivity contribution is 9.12. The van der Waals surface area contributed by atoms with Gasteiger partial charge in [0.25, 0.3) is 0 Å². The van der Waals surface area contributed by atoms with Crippen LogP contribution in [-0.2, 0) is 10.0 Å². The van der Waals surface area contributed by atoms with Crippen molar-refractivity contribution in [3.05, 3.63) is 13.6 Å². The maximum Gasteiger partial charge on any atom is 0.242 e. The Hall–Kier alpha value is 0.530. The van der Waals surface area contributed by atoms with Crippen LogP contribution in [0, 0.1) is 5.92 Å². The lowest BCUT2D eigenvalue weighted by molar-refractivity contribution is 0.481. The number of hydrogen-bond acceptors (Lipinski definition) is 4. The monoisotopic (exact) mass is 404 g/mol. The quantitative estimate of drug-likeness (QED) is 0.790. The number of sulfonamides is 1. The molecule has 0 amide bonds. The molecular weight excluding hydrogens is 392 g/mol. The molecule has 1 aromatic heterocycles. The molecule has 4 nitrogen and oxygen atoms in total. The van der Waals surface area contributed by atoms with E-state index in [2.05, 4.69) is 36.6 Å². The van der Waals surface area contributed by atoms with Crippen molar-refractivity contribution < 1.29 is 8.42 Å². The topological polar surface area (TPSA) is 72.2 Å².